The van der Waals surface area contributed by atoms with Gasteiger partial charge in [-0.25, -0.2) is 0 Å². The van der Waals surface area contributed by atoms with Gasteiger partial charge in [0.15, 0.2) is 11.5 Å². The summed E-state index contributed by atoms with van der Waals surface area (Å²) in [5, 5.41) is 0. The van der Waals surface area contributed by atoms with Gasteiger partial charge in [0.25, 0.3) is 0 Å². The van der Waals surface area contributed by atoms with E-state index in [1.54, 1.807) is 31.4 Å². The monoisotopic (exact) mass is 327 g/mol. The molecule has 0 bridgehead atoms. The van der Waals surface area contributed by atoms with Gasteiger partial charge in [0, 0.05) is 6.54 Å². The Kier molecular flexibility index (Phi) is 5.33. The molecule has 0 radical (unpaired) electrons. The highest BCUT2D eigenvalue weighted by Crippen LogP contribution is 2.36. The van der Waals surface area contributed by atoms with E-state index in [2.05, 4.69) is 4.74 Å². The van der Waals surface area contributed by atoms with Crippen molar-refractivity contribution < 1.29 is 27.4 Å². The third kappa shape index (κ3) is 4.79. The maximum atomic E-state index is 12.4. The average Bonchev–Trinajstić information content (AvgIpc) is 2.52. The van der Waals surface area contributed by atoms with E-state index >= 15 is 0 Å². The van der Waals surface area contributed by atoms with Crippen molar-refractivity contribution in [3.63, 3.8) is 0 Å². The first-order valence-electron chi connectivity index (χ1n) is 6.80. The number of nitrogens with two attached hydrogens (primary N) is 1. The predicted molar refractivity (Wildman–Crippen MR) is 79.7 cm³/mol. The van der Waals surface area contributed by atoms with E-state index in [0.717, 1.165) is 5.56 Å². The summed E-state index contributed by atoms with van der Waals surface area (Å²) in [7, 11) is 1.55. The second kappa shape index (κ2) is 7.23. The Morgan fingerprint density at radius 3 is 2.17 bits per heavy atom. The van der Waals surface area contributed by atoms with Crippen molar-refractivity contribution in [2.24, 2.45) is 5.73 Å². The van der Waals surface area contributed by atoms with Gasteiger partial charge in [-0.2, -0.15) is 0 Å². The highest BCUT2D eigenvalue weighted by Gasteiger charge is 2.32. The molecule has 7 heteroatoms. The Morgan fingerprint density at radius 1 is 0.957 bits per heavy atom. The van der Waals surface area contributed by atoms with E-state index in [1.165, 1.54) is 18.2 Å². The van der Waals surface area contributed by atoms with Crippen LogP contribution in [0.3, 0.4) is 0 Å². The lowest BCUT2D eigenvalue weighted by molar-refractivity contribution is -0.275. The van der Waals surface area contributed by atoms with Gasteiger partial charge in [-0.1, -0.05) is 18.2 Å². The van der Waals surface area contributed by atoms with E-state index in [4.69, 9.17) is 15.2 Å². The van der Waals surface area contributed by atoms with E-state index in [0.29, 0.717) is 11.3 Å². The number of alkyl halides is 3. The molecule has 2 aromatic carbocycles. The molecule has 2 aromatic rings. The van der Waals surface area contributed by atoms with Gasteiger partial charge >= 0.3 is 6.36 Å². The smallest absolute Gasteiger partial charge is 0.497 e. The Balaban J connectivity index is 2.33. The van der Waals surface area contributed by atoms with Crippen LogP contribution in [0.4, 0.5) is 13.2 Å². The summed E-state index contributed by atoms with van der Waals surface area (Å²) in [5.74, 6) is 0.273. The number of methoxy groups -OCH3 is 1. The molecule has 23 heavy (non-hydrogen) atoms. The molecular formula is C16H16F3NO3. The van der Waals surface area contributed by atoms with Gasteiger partial charge in [0.1, 0.15) is 12.4 Å². The van der Waals surface area contributed by atoms with Crippen molar-refractivity contribution in [1.29, 1.82) is 0 Å². The fourth-order valence-corrected chi connectivity index (χ4v) is 1.96. The molecule has 124 valence electrons. The minimum absolute atomic E-state index is 0.0129. The van der Waals surface area contributed by atoms with Crippen molar-refractivity contribution in [1.82, 2.24) is 0 Å². The number of benzene rings is 2. The highest BCUT2D eigenvalue weighted by molar-refractivity contribution is 5.67. The van der Waals surface area contributed by atoms with Gasteiger partial charge in [-0.3, -0.25) is 0 Å². The number of hydrogen-bond donors (Lipinski definition) is 1. The zero-order valence-electron chi connectivity index (χ0n) is 12.4. The van der Waals surface area contributed by atoms with Gasteiger partial charge in [0.2, 0.25) is 0 Å². The summed E-state index contributed by atoms with van der Waals surface area (Å²) < 4.78 is 51.6. The first-order chi connectivity index (χ1) is 10.9. The minimum atomic E-state index is -4.79. The summed E-state index contributed by atoms with van der Waals surface area (Å²) >= 11 is 0. The van der Waals surface area contributed by atoms with Crippen LogP contribution < -0.4 is 19.9 Å². The number of ether oxygens (including phenoxy) is 3. The number of rotatable bonds is 6. The van der Waals surface area contributed by atoms with Crippen LogP contribution in [0.25, 0.3) is 11.1 Å². The molecule has 0 unspecified atom stereocenters. The molecule has 0 saturated heterocycles. The molecule has 2 rings (SSSR count). The lowest BCUT2D eigenvalue weighted by atomic mass is 10.1. The molecule has 4 nitrogen and oxygen atoms in total. The predicted octanol–water partition coefficient (Wildman–Crippen LogP) is 3.60. The Hall–Kier alpha value is -2.41. The normalized spacial score (nSPS) is 11.2. The largest absolute Gasteiger partial charge is 0.573 e. The quantitative estimate of drug-likeness (QED) is 0.881. The minimum Gasteiger partial charge on any atom is -0.497 e. The molecule has 0 aromatic heterocycles. The van der Waals surface area contributed by atoms with Crippen molar-refractivity contribution >= 4 is 0 Å². The molecule has 0 aliphatic rings. The summed E-state index contributed by atoms with van der Waals surface area (Å²) in [6.07, 6.45) is -4.79. The van der Waals surface area contributed by atoms with Gasteiger partial charge < -0.3 is 19.9 Å². The molecule has 0 aliphatic heterocycles. The summed E-state index contributed by atoms with van der Waals surface area (Å²) in [4.78, 5) is 0. The van der Waals surface area contributed by atoms with E-state index in [1.807, 2.05) is 0 Å². The van der Waals surface area contributed by atoms with Gasteiger partial charge in [-0.05, 0) is 35.4 Å². The second-order valence-corrected chi connectivity index (χ2v) is 4.57. The van der Waals surface area contributed by atoms with E-state index in [9.17, 15) is 13.2 Å². The molecular weight excluding hydrogens is 311 g/mol. The van der Waals surface area contributed by atoms with Gasteiger partial charge in [-0.15, -0.1) is 13.2 Å². The molecule has 0 amide bonds. The van der Waals surface area contributed by atoms with Crippen LogP contribution in [0.15, 0.2) is 42.5 Å². The Morgan fingerprint density at radius 2 is 1.61 bits per heavy atom. The van der Waals surface area contributed by atoms with Crippen molar-refractivity contribution in [2.45, 2.75) is 6.36 Å². The number of hydrogen-bond acceptors (Lipinski definition) is 4. The molecule has 0 aliphatic carbocycles. The van der Waals surface area contributed by atoms with Crippen molar-refractivity contribution in [3.8, 4) is 28.4 Å². The molecule has 0 fully saturated rings. The van der Waals surface area contributed by atoms with Crippen molar-refractivity contribution in [3.05, 3.63) is 42.5 Å². The average molecular weight is 327 g/mol. The van der Waals surface area contributed by atoms with E-state index < -0.39 is 12.1 Å². The second-order valence-electron chi connectivity index (χ2n) is 4.57. The fraction of sp³-hybridized carbons (Fsp3) is 0.250. The SMILES string of the molecule is COc1ccc(-c2ccc(OC(F)(F)F)c(OCCN)c2)cc1. The van der Waals surface area contributed by atoms with Crippen LogP contribution in [0.1, 0.15) is 0 Å². The topological polar surface area (TPSA) is 53.7 Å². The highest BCUT2D eigenvalue weighted by atomic mass is 19.4. The van der Waals surface area contributed by atoms with Crippen LogP contribution >= 0.6 is 0 Å². The summed E-state index contributed by atoms with van der Waals surface area (Å²) in [5.41, 5.74) is 6.83. The lowest BCUT2D eigenvalue weighted by Crippen LogP contribution is -2.18. The lowest BCUT2D eigenvalue weighted by Gasteiger charge is -2.15. The standard InChI is InChI=1S/C16H16F3NO3/c1-21-13-5-2-11(3-6-13)12-4-7-14(23-16(17,18)19)15(10-12)22-9-8-20/h2-7,10H,8-9,20H2,1H3. The van der Waals surface area contributed by atoms with Crippen LogP contribution in [0.5, 0.6) is 17.2 Å². The zero-order chi connectivity index (χ0) is 16.9. The molecule has 0 saturated carbocycles. The molecule has 0 atom stereocenters. The van der Waals surface area contributed by atoms with Crippen LogP contribution in [-0.4, -0.2) is 26.6 Å². The first kappa shape index (κ1) is 17.0. The molecule has 2 N–H and O–H groups in total. The van der Waals surface area contributed by atoms with Crippen LogP contribution in [0.2, 0.25) is 0 Å². The van der Waals surface area contributed by atoms with E-state index in [-0.39, 0.29) is 18.9 Å². The molecule has 0 spiro atoms. The number of halogens is 3. The fourth-order valence-electron chi connectivity index (χ4n) is 1.96. The third-order valence-electron chi connectivity index (χ3n) is 2.97. The maximum Gasteiger partial charge on any atom is 0.573 e. The zero-order valence-corrected chi connectivity index (χ0v) is 12.4. The van der Waals surface area contributed by atoms with Crippen LogP contribution in [0, 0.1) is 0 Å². The third-order valence-corrected chi connectivity index (χ3v) is 2.97. The van der Waals surface area contributed by atoms with Gasteiger partial charge in [0.05, 0.1) is 7.11 Å². The Bertz CT molecular complexity index is 642. The van der Waals surface area contributed by atoms with Crippen molar-refractivity contribution in [2.75, 3.05) is 20.3 Å². The van der Waals surface area contributed by atoms with Crippen LogP contribution in [-0.2, 0) is 0 Å². The summed E-state index contributed by atoms with van der Waals surface area (Å²) in [6, 6.07) is 11.3. The maximum absolute atomic E-state index is 12.4. The first-order valence-corrected chi connectivity index (χ1v) is 6.80. The summed E-state index contributed by atoms with van der Waals surface area (Å²) in [6.45, 7) is 0.262. The Labute approximate surface area is 131 Å². The molecule has 0 heterocycles.